The Kier molecular flexibility index (Phi) is 5.24. The zero-order valence-electron chi connectivity index (χ0n) is 9.95. The molecule has 1 unspecified atom stereocenters. The van der Waals surface area contributed by atoms with Gasteiger partial charge in [-0.25, -0.2) is 21.9 Å². The molecule has 1 rings (SSSR count). The van der Waals surface area contributed by atoms with E-state index in [0.717, 1.165) is 12.1 Å². The number of rotatable bonds is 5. The van der Waals surface area contributed by atoms with Crippen molar-refractivity contribution in [1.82, 2.24) is 4.72 Å². The SMILES string of the molecule is CC(C)C(CBr)NS(=O)(=O)c1cc(F)ccc1F. The molecule has 0 heterocycles. The maximum absolute atomic E-state index is 13.4. The van der Waals surface area contributed by atoms with Gasteiger partial charge in [0.15, 0.2) is 0 Å². The van der Waals surface area contributed by atoms with Gasteiger partial charge in [-0.15, -0.1) is 0 Å². The summed E-state index contributed by atoms with van der Waals surface area (Å²) in [6.45, 7) is 3.66. The zero-order valence-corrected chi connectivity index (χ0v) is 12.4. The van der Waals surface area contributed by atoms with Gasteiger partial charge in [-0.05, 0) is 24.1 Å². The van der Waals surface area contributed by atoms with E-state index in [4.69, 9.17) is 0 Å². The molecular formula is C11H14BrF2NO2S. The average Bonchev–Trinajstić information content (AvgIpc) is 2.28. The summed E-state index contributed by atoms with van der Waals surface area (Å²) in [5.74, 6) is -1.74. The van der Waals surface area contributed by atoms with Gasteiger partial charge in [0, 0.05) is 11.4 Å². The minimum Gasteiger partial charge on any atom is -0.207 e. The van der Waals surface area contributed by atoms with Crippen molar-refractivity contribution >= 4 is 26.0 Å². The van der Waals surface area contributed by atoms with Crippen LogP contribution >= 0.6 is 15.9 Å². The van der Waals surface area contributed by atoms with Crippen molar-refractivity contribution in [2.24, 2.45) is 5.92 Å². The predicted octanol–water partition coefficient (Wildman–Crippen LogP) is 2.66. The molecule has 1 N–H and O–H groups in total. The van der Waals surface area contributed by atoms with Crippen molar-refractivity contribution in [3.63, 3.8) is 0 Å². The number of hydrogen-bond donors (Lipinski definition) is 1. The van der Waals surface area contributed by atoms with Gasteiger partial charge >= 0.3 is 0 Å². The van der Waals surface area contributed by atoms with Crippen molar-refractivity contribution in [2.45, 2.75) is 24.8 Å². The number of sulfonamides is 1. The first-order chi connectivity index (χ1) is 8.27. The van der Waals surface area contributed by atoms with Crippen LogP contribution in [0.1, 0.15) is 13.8 Å². The molecule has 102 valence electrons. The lowest BCUT2D eigenvalue weighted by molar-refractivity contribution is 0.479. The summed E-state index contributed by atoms with van der Waals surface area (Å²) in [6, 6.07) is 1.95. The lowest BCUT2D eigenvalue weighted by Gasteiger charge is -2.20. The molecule has 0 aliphatic heterocycles. The molecule has 0 saturated heterocycles. The monoisotopic (exact) mass is 341 g/mol. The van der Waals surface area contributed by atoms with Crippen LogP contribution in [0, 0.1) is 17.6 Å². The summed E-state index contributed by atoms with van der Waals surface area (Å²) in [5.41, 5.74) is 0. The molecule has 0 bridgehead atoms. The highest BCUT2D eigenvalue weighted by Gasteiger charge is 2.24. The smallest absolute Gasteiger partial charge is 0.207 e. The summed E-state index contributed by atoms with van der Waals surface area (Å²) in [7, 11) is -4.06. The Labute approximate surface area is 114 Å². The van der Waals surface area contributed by atoms with Crippen molar-refractivity contribution in [3.05, 3.63) is 29.8 Å². The van der Waals surface area contributed by atoms with Gasteiger partial charge < -0.3 is 0 Å². The standard InChI is InChI=1S/C11H14BrF2NO2S/c1-7(2)10(6-12)15-18(16,17)11-5-8(13)3-4-9(11)14/h3-5,7,10,15H,6H2,1-2H3. The molecule has 7 heteroatoms. The van der Waals surface area contributed by atoms with Crippen molar-refractivity contribution in [3.8, 4) is 0 Å². The molecule has 1 atom stereocenters. The van der Waals surface area contributed by atoms with E-state index in [2.05, 4.69) is 20.7 Å². The second-order valence-corrected chi connectivity index (χ2v) is 6.53. The Balaban J connectivity index is 3.10. The van der Waals surface area contributed by atoms with Crippen LogP contribution in [-0.2, 0) is 10.0 Å². The van der Waals surface area contributed by atoms with Crippen molar-refractivity contribution < 1.29 is 17.2 Å². The Hall–Kier alpha value is -0.530. The topological polar surface area (TPSA) is 46.2 Å². The minimum atomic E-state index is -4.06. The van der Waals surface area contributed by atoms with E-state index in [0.29, 0.717) is 11.4 Å². The number of halogens is 3. The summed E-state index contributed by atoms with van der Waals surface area (Å²) < 4.78 is 52.6. The maximum atomic E-state index is 13.4. The predicted molar refractivity (Wildman–Crippen MR) is 69.1 cm³/mol. The van der Waals surface area contributed by atoms with E-state index < -0.39 is 32.6 Å². The van der Waals surface area contributed by atoms with Crippen LogP contribution in [0.4, 0.5) is 8.78 Å². The van der Waals surface area contributed by atoms with E-state index in [9.17, 15) is 17.2 Å². The van der Waals surface area contributed by atoms with Crippen LogP contribution in [0.25, 0.3) is 0 Å². The van der Waals surface area contributed by atoms with Crippen LogP contribution in [0.3, 0.4) is 0 Å². The maximum Gasteiger partial charge on any atom is 0.243 e. The Morgan fingerprint density at radius 1 is 1.33 bits per heavy atom. The van der Waals surface area contributed by atoms with Gasteiger partial charge in [0.2, 0.25) is 10.0 Å². The quantitative estimate of drug-likeness (QED) is 0.837. The largest absolute Gasteiger partial charge is 0.243 e. The van der Waals surface area contributed by atoms with Gasteiger partial charge in [-0.1, -0.05) is 29.8 Å². The Morgan fingerprint density at radius 3 is 2.44 bits per heavy atom. The zero-order chi connectivity index (χ0) is 13.9. The van der Waals surface area contributed by atoms with Gasteiger partial charge in [0.05, 0.1) is 0 Å². The molecule has 0 amide bonds. The highest BCUT2D eigenvalue weighted by atomic mass is 79.9. The second kappa shape index (κ2) is 6.08. The first kappa shape index (κ1) is 15.5. The van der Waals surface area contributed by atoms with Crippen molar-refractivity contribution in [1.29, 1.82) is 0 Å². The first-order valence-electron chi connectivity index (χ1n) is 5.31. The molecule has 1 aromatic rings. The van der Waals surface area contributed by atoms with Gasteiger partial charge in [-0.2, -0.15) is 0 Å². The van der Waals surface area contributed by atoms with E-state index in [-0.39, 0.29) is 5.92 Å². The first-order valence-corrected chi connectivity index (χ1v) is 7.91. The molecular weight excluding hydrogens is 328 g/mol. The molecule has 0 aliphatic rings. The molecule has 0 saturated carbocycles. The van der Waals surface area contributed by atoms with E-state index in [1.807, 2.05) is 13.8 Å². The van der Waals surface area contributed by atoms with Crippen LogP contribution in [0.2, 0.25) is 0 Å². The Bertz CT molecular complexity index is 520. The second-order valence-electron chi connectivity index (χ2n) is 4.20. The number of alkyl halides is 1. The fourth-order valence-electron chi connectivity index (χ4n) is 1.29. The van der Waals surface area contributed by atoms with E-state index in [1.165, 1.54) is 0 Å². The van der Waals surface area contributed by atoms with Crippen LogP contribution in [0.15, 0.2) is 23.1 Å². The highest BCUT2D eigenvalue weighted by Crippen LogP contribution is 2.17. The molecule has 0 fully saturated rings. The summed E-state index contributed by atoms with van der Waals surface area (Å²) in [6.07, 6.45) is 0. The Morgan fingerprint density at radius 2 is 1.94 bits per heavy atom. The fourth-order valence-corrected chi connectivity index (χ4v) is 3.89. The summed E-state index contributed by atoms with van der Waals surface area (Å²) in [5, 5.41) is 0.390. The molecule has 0 aliphatic carbocycles. The lowest BCUT2D eigenvalue weighted by Crippen LogP contribution is -2.40. The third kappa shape index (κ3) is 3.73. The number of benzene rings is 1. The molecule has 0 radical (unpaired) electrons. The third-order valence-corrected chi connectivity index (χ3v) is 4.66. The van der Waals surface area contributed by atoms with Crippen LogP contribution in [0.5, 0.6) is 0 Å². The molecule has 1 aromatic carbocycles. The average molecular weight is 342 g/mol. The number of nitrogens with one attached hydrogen (secondary N) is 1. The van der Waals surface area contributed by atoms with Crippen LogP contribution < -0.4 is 4.72 Å². The third-order valence-electron chi connectivity index (χ3n) is 2.46. The fraction of sp³-hybridized carbons (Fsp3) is 0.455. The normalized spacial score (nSPS) is 13.9. The van der Waals surface area contributed by atoms with E-state index >= 15 is 0 Å². The van der Waals surface area contributed by atoms with Gasteiger partial charge in [0.1, 0.15) is 16.5 Å². The van der Waals surface area contributed by atoms with Crippen LogP contribution in [-0.4, -0.2) is 19.8 Å². The highest BCUT2D eigenvalue weighted by molar-refractivity contribution is 9.09. The molecule has 3 nitrogen and oxygen atoms in total. The number of hydrogen-bond acceptors (Lipinski definition) is 2. The lowest BCUT2D eigenvalue weighted by atomic mass is 10.1. The molecule has 0 spiro atoms. The van der Waals surface area contributed by atoms with Gasteiger partial charge in [-0.3, -0.25) is 0 Å². The minimum absolute atomic E-state index is 0.0239. The van der Waals surface area contributed by atoms with Gasteiger partial charge in [0.25, 0.3) is 0 Å². The summed E-state index contributed by atoms with van der Waals surface area (Å²) >= 11 is 3.18. The van der Waals surface area contributed by atoms with Crippen molar-refractivity contribution in [2.75, 3.05) is 5.33 Å². The molecule has 18 heavy (non-hydrogen) atoms. The summed E-state index contributed by atoms with van der Waals surface area (Å²) in [4.78, 5) is -0.672. The molecule has 0 aromatic heterocycles. The van der Waals surface area contributed by atoms with E-state index in [1.54, 1.807) is 0 Å².